The first kappa shape index (κ1) is 10.5. The van der Waals surface area contributed by atoms with Gasteiger partial charge < -0.3 is 0 Å². The van der Waals surface area contributed by atoms with Crippen molar-refractivity contribution in [3.63, 3.8) is 0 Å². The summed E-state index contributed by atoms with van der Waals surface area (Å²) in [5.41, 5.74) is 0. The Balaban J connectivity index is 2.65. The molecule has 1 aliphatic rings. The minimum absolute atomic E-state index is 0.293. The first-order chi connectivity index (χ1) is 6.00. The zero-order valence-corrected chi connectivity index (χ0v) is 8.80. The van der Waals surface area contributed by atoms with E-state index in [0.717, 1.165) is 4.31 Å². The van der Waals surface area contributed by atoms with Crippen LogP contribution in [0.5, 0.6) is 0 Å². The minimum Gasteiger partial charge on any atom is -0.274 e. The Kier molecular flexibility index (Phi) is 2.95. The number of nitrogens with zero attached hydrogens (tertiary/aromatic N) is 1. The molecule has 1 rings (SSSR count). The third-order valence-electron chi connectivity index (χ3n) is 2.14. The van der Waals surface area contributed by atoms with E-state index < -0.39 is 10.0 Å². The second-order valence-corrected chi connectivity index (χ2v) is 5.60. The highest BCUT2D eigenvalue weighted by atomic mass is 32.2. The maximum atomic E-state index is 11.5. The van der Waals surface area contributed by atoms with Crippen molar-refractivity contribution in [1.82, 2.24) is 4.31 Å². The van der Waals surface area contributed by atoms with Crippen LogP contribution in [0.25, 0.3) is 0 Å². The molecule has 0 spiro atoms. The van der Waals surface area contributed by atoms with Gasteiger partial charge in [0, 0.05) is 13.5 Å². The molecule has 0 radical (unpaired) electrons. The molecule has 0 N–H and O–H groups in total. The molecule has 0 unspecified atom stereocenters. The summed E-state index contributed by atoms with van der Waals surface area (Å²) < 4.78 is 23.9. The first-order valence-corrected chi connectivity index (χ1v) is 6.01. The monoisotopic (exact) mass is 205 g/mol. The van der Waals surface area contributed by atoms with E-state index in [1.54, 1.807) is 0 Å². The maximum absolute atomic E-state index is 11.5. The van der Waals surface area contributed by atoms with Crippen molar-refractivity contribution in [1.29, 1.82) is 0 Å². The topological polar surface area (TPSA) is 54.5 Å². The molecule has 0 aromatic carbocycles. The second-order valence-electron chi connectivity index (χ2n) is 3.36. The summed E-state index contributed by atoms with van der Waals surface area (Å²) in [4.78, 5) is 11.3. The lowest BCUT2D eigenvalue weighted by atomic mass is 10.3. The van der Waals surface area contributed by atoms with Gasteiger partial charge in [0.2, 0.25) is 15.9 Å². The highest BCUT2D eigenvalue weighted by Crippen LogP contribution is 2.30. The highest BCUT2D eigenvalue weighted by Gasteiger charge is 2.40. The summed E-state index contributed by atoms with van der Waals surface area (Å²) in [7, 11) is -1.95. The number of sulfonamides is 1. The molecule has 0 heterocycles. The van der Waals surface area contributed by atoms with E-state index >= 15 is 0 Å². The Morgan fingerprint density at radius 1 is 1.46 bits per heavy atom. The van der Waals surface area contributed by atoms with Crippen molar-refractivity contribution < 1.29 is 13.2 Å². The molecule has 1 fully saturated rings. The van der Waals surface area contributed by atoms with Crippen LogP contribution in [-0.4, -0.2) is 30.9 Å². The van der Waals surface area contributed by atoms with Gasteiger partial charge in [-0.05, 0) is 19.3 Å². The fourth-order valence-electron chi connectivity index (χ4n) is 1.10. The molecule has 5 heteroatoms. The summed E-state index contributed by atoms with van der Waals surface area (Å²) in [6.45, 7) is 1.86. The molecule has 1 aliphatic carbocycles. The second kappa shape index (κ2) is 3.65. The summed E-state index contributed by atoms with van der Waals surface area (Å²) in [5, 5.41) is -0.293. The van der Waals surface area contributed by atoms with Crippen molar-refractivity contribution in [2.45, 2.75) is 37.9 Å². The summed E-state index contributed by atoms with van der Waals surface area (Å²) >= 11 is 0. The molecule has 1 amide bonds. The van der Waals surface area contributed by atoms with E-state index in [1.165, 1.54) is 7.05 Å². The third kappa shape index (κ3) is 2.21. The van der Waals surface area contributed by atoms with Crippen molar-refractivity contribution >= 4 is 15.9 Å². The van der Waals surface area contributed by atoms with Crippen molar-refractivity contribution in [3.05, 3.63) is 0 Å². The standard InChI is InChI=1S/C8H15NO3S/c1-3-4-8(10)9(2)13(11,12)7-5-6-7/h7H,3-6H2,1-2H3. The molecule has 1 saturated carbocycles. The molecule has 76 valence electrons. The Morgan fingerprint density at radius 2 is 2.00 bits per heavy atom. The van der Waals surface area contributed by atoms with Gasteiger partial charge in [0.25, 0.3) is 0 Å². The molecule has 13 heavy (non-hydrogen) atoms. The van der Waals surface area contributed by atoms with E-state index in [-0.39, 0.29) is 11.2 Å². The Hall–Kier alpha value is -0.580. The van der Waals surface area contributed by atoms with Crippen LogP contribution in [0.3, 0.4) is 0 Å². The zero-order valence-electron chi connectivity index (χ0n) is 7.99. The number of hydrogen-bond donors (Lipinski definition) is 0. The summed E-state index contributed by atoms with van der Waals surface area (Å²) in [6, 6.07) is 0. The molecule has 0 atom stereocenters. The molecule has 0 bridgehead atoms. The Labute approximate surface area is 79.0 Å². The molecule has 0 aromatic rings. The van der Waals surface area contributed by atoms with Gasteiger partial charge in [0.15, 0.2) is 0 Å². The predicted molar refractivity (Wildman–Crippen MR) is 49.6 cm³/mol. The molecule has 0 aliphatic heterocycles. The smallest absolute Gasteiger partial charge is 0.239 e. The molecular weight excluding hydrogens is 190 g/mol. The van der Waals surface area contributed by atoms with Crippen molar-refractivity contribution in [2.75, 3.05) is 7.05 Å². The lowest BCUT2D eigenvalue weighted by molar-refractivity contribution is -0.125. The van der Waals surface area contributed by atoms with Gasteiger partial charge in [0.1, 0.15) is 0 Å². The minimum atomic E-state index is -3.30. The average molecular weight is 205 g/mol. The average Bonchev–Trinajstić information content (AvgIpc) is 2.85. The molecule has 4 nitrogen and oxygen atoms in total. The largest absolute Gasteiger partial charge is 0.274 e. The van der Waals surface area contributed by atoms with Gasteiger partial charge in [-0.25, -0.2) is 12.7 Å². The fraction of sp³-hybridized carbons (Fsp3) is 0.875. The van der Waals surface area contributed by atoms with Crippen LogP contribution in [0.15, 0.2) is 0 Å². The van der Waals surface area contributed by atoms with Crippen LogP contribution in [0.4, 0.5) is 0 Å². The van der Waals surface area contributed by atoms with E-state index in [2.05, 4.69) is 0 Å². The fourth-order valence-corrected chi connectivity index (χ4v) is 2.66. The quantitative estimate of drug-likeness (QED) is 0.680. The van der Waals surface area contributed by atoms with E-state index in [4.69, 9.17) is 0 Å². The SMILES string of the molecule is CCCC(=O)N(C)S(=O)(=O)C1CC1. The van der Waals surface area contributed by atoms with Crippen LogP contribution in [0.1, 0.15) is 32.6 Å². The molecular formula is C8H15NO3S. The Morgan fingerprint density at radius 3 is 2.38 bits per heavy atom. The lowest BCUT2D eigenvalue weighted by Crippen LogP contribution is -2.35. The lowest BCUT2D eigenvalue weighted by Gasteiger charge is -2.16. The van der Waals surface area contributed by atoms with Gasteiger partial charge in [0.05, 0.1) is 5.25 Å². The number of amides is 1. The number of carbonyl (C=O) groups excluding carboxylic acids is 1. The summed E-state index contributed by atoms with van der Waals surface area (Å²) in [5.74, 6) is -0.297. The van der Waals surface area contributed by atoms with Gasteiger partial charge in [-0.15, -0.1) is 0 Å². The third-order valence-corrected chi connectivity index (χ3v) is 4.42. The van der Waals surface area contributed by atoms with Crippen LogP contribution in [0.2, 0.25) is 0 Å². The zero-order chi connectivity index (χ0) is 10.1. The number of carbonyl (C=O) groups is 1. The number of rotatable bonds is 4. The molecule has 0 aromatic heterocycles. The predicted octanol–water partition coefficient (Wildman–Crippen LogP) is 0.737. The first-order valence-electron chi connectivity index (χ1n) is 4.50. The highest BCUT2D eigenvalue weighted by molar-refractivity contribution is 7.90. The van der Waals surface area contributed by atoms with Crippen LogP contribution < -0.4 is 0 Å². The number of hydrogen-bond acceptors (Lipinski definition) is 3. The van der Waals surface area contributed by atoms with Crippen LogP contribution in [-0.2, 0) is 14.8 Å². The van der Waals surface area contributed by atoms with Gasteiger partial charge in [-0.3, -0.25) is 4.79 Å². The van der Waals surface area contributed by atoms with E-state index in [9.17, 15) is 13.2 Å². The van der Waals surface area contributed by atoms with Crippen LogP contribution in [0, 0.1) is 0 Å². The van der Waals surface area contributed by atoms with E-state index in [1.807, 2.05) is 6.92 Å². The normalized spacial score (nSPS) is 17.1. The summed E-state index contributed by atoms with van der Waals surface area (Å²) in [6.07, 6.45) is 2.39. The van der Waals surface area contributed by atoms with Gasteiger partial charge in [-0.2, -0.15) is 0 Å². The maximum Gasteiger partial charge on any atom is 0.239 e. The Bertz CT molecular complexity index is 293. The molecule has 0 saturated heterocycles. The van der Waals surface area contributed by atoms with Gasteiger partial charge >= 0.3 is 0 Å². The van der Waals surface area contributed by atoms with Crippen molar-refractivity contribution in [2.24, 2.45) is 0 Å². The van der Waals surface area contributed by atoms with Gasteiger partial charge in [-0.1, -0.05) is 6.92 Å². The van der Waals surface area contributed by atoms with E-state index in [0.29, 0.717) is 25.7 Å². The van der Waals surface area contributed by atoms with Crippen molar-refractivity contribution in [3.8, 4) is 0 Å². The van der Waals surface area contributed by atoms with Crippen LogP contribution >= 0.6 is 0 Å².